The summed E-state index contributed by atoms with van der Waals surface area (Å²) in [5.41, 5.74) is 0. The van der Waals surface area contributed by atoms with Crippen LogP contribution in [0.25, 0.3) is 0 Å². The molecule has 0 aliphatic heterocycles. The molecule has 0 bridgehead atoms. The molecule has 0 unspecified atom stereocenters. The lowest BCUT2D eigenvalue weighted by atomic mass is 10.3. The Morgan fingerprint density at radius 2 is 2.00 bits per heavy atom. The lowest BCUT2D eigenvalue weighted by Gasteiger charge is -2.16. The molecule has 0 fully saturated rings. The molecule has 1 N–H and O–H groups in total. The van der Waals surface area contributed by atoms with Crippen LogP contribution in [0.3, 0.4) is 0 Å². The molecule has 0 aromatic heterocycles. The lowest BCUT2D eigenvalue weighted by molar-refractivity contribution is -0.118. The van der Waals surface area contributed by atoms with Gasteiger partial charge in [0, 0.05) is 11.3 Å². The number of rotatable bonds is 3. The van der Waals surface area contributed by atoms with Crippen LogP contribution >= 0.6 is 11.8 Å². The Bertz CT molecular complexity index is 129. The quantitative estimate of drug-likeness (QED) is 0.706. The second-order valence-corrected chi connectivity index (χ2v) is 5.16. The van der Waals surface area contributed by atoms with E-state index in [2.05, 4.69) is 26.1 Å². The third-order valence-corrected chi connectivity index (χ3v) is 2.28. The van der Waals surface area contributed by atoms with Gasteiger partial charge in [0.1, 0.15) is 0 Å². The molecule has 11 heavy (non-hydrogen) atoms. The molecule has 0 rings (SSSR count). The maximum Gasteiger partial charge on any atom is 0.230 e. The molecule has 0 heterocycles. The number of hydrogen-bond acceptors (Lipinski definition) is 2. The minimum absolute atomic E-state index is 0.132. The van der Waals surface area contributed by atoms with Crippen molar-refractivity contribution in [1.82, 2.24) is 5.32 Å². The van der Waals surface area contributed by atoms with E-state index in [4.69, 9.17) is 0 Å². The average molecular weight is 175 g/mol. The molecule has 0 aromatic rings. The average Bonchev–Trinajstić information content (AvgIpc) is 1.83. The van der Waals surface area contributed by atoms with Gasteiger partial charge in [0.25, 0.3) is 0 Å². The van der Waals surface area contributed by atoms with Crippen molar-refractivity contribution in [3.63, 3.8) is 0 Å². The van der Waals surface area contributed by atoms with Crippen molar-refractivity contribution in [3.05, 3.63) is 0 Å². The Labute approximate surface area is 73.1 Å². The van der Waals surface area contributed by atoms with Crippen molar-refractivity contribution in [2.75, 3.05) is 12.3 Å². The van der Waals surface area contributed by atoms with Crippen molar-refractivity contribution in [1.29, 1.82) is 0 Å². The van der Waals surface area contributed by atoms with Gasteiger partial charge >= 0.3 is 0 Å². The number of carbonyl (C=O) groups excluding carboxylic acids is 1. The minimum atomic E-state index is 0.132. The van der Waals surface area contributed by atoms with Crippen LogP contribution in [0.15, 0.2) is 0 Å². The molecule has 66 valence electrons. The molecule has 0 spiro atoms. The van der Waals surface area contributed by atoms with Crippen LogP contribution in [0.2, 0.25) is 0 Å². The van der Waals surface area contributed by atoms with Gasteiger partial charge in [-0.2, -0.15) is 0 Å². The largest absolute Gasteiger partial charge is 0.356 e. The van der Waals surface area contributed by atoms with Gasteiger partial charge in [-0.1, -0.05) is 20.8 Å². The molecule has 0 aliphatic carbocycles. The van der Waals surface area contributed by atoms with Gasteiger partial charge in [0.2, 0.25) is 5.91 Å². The molecular weight excluding hydrogens is 158 g/mol. The maximum atomic E-state index is 11.0. The first-order chi connectivity index (χ1) is 4.95. The number of amides is 1. The molecule has 0 aromatic carbocycles. The summed E-state index contributed by atoms with van der Waals surface area (Å²) in [6, 6.07) is 0. The van der Waals surface area contributed by atoms with Gasteiger partial charge in [-0.3, -0.25) is 4.79 Å². The highest BCUT2D eigenvalue weighted by Gasteiger charge is 2.12. The molecule has 0 saturated carbocycles. The monoisotopic (exact) mass is 175 g/mol. The van der Waals surface area contributed by atoms with E-state index in [1.807, 2.05) is 6.92 Å². The van der Waals surface area contributed by atoms with E-state index in [0.29, 0.717) is 5.75 Å². The first-order valence-corrected chi connectivity index (χ1v) is 4.85. The SMILES string of the molecule is CCNC(=O)CSC(C)(C)C. The molecule has 2 nitrogen and oxygen atoms in total. The van der Waals surface area contributed by atoms with Crippen molar-refractivity contribution >= 4 is 17.7 Å². The first kappa shape index (κ1) is 10.8. The summed E-state index contributed by atoms with van der Waals surface area (Å²) in [5.74, 6) is 0.699. The molecule has 0 atom stereocenters. The van der Waals surface area contributed by atoms with Crippen LogP contribution in [-0.2, 0) is 4.79 Å². The summed E-state index contributed by atoms with van der Waals surface area (Å²) >= 11 is 1.67. The lowest BCUT2D eigenvalue weighted by Crippen LogP contribution is -2.26. The molecular formula is C8H17NOS. The topological polar surface area (TPSA) is 29.1 Å². The molecule has 0 aliphatic rings. The second kappa shape index (κ2) is 4.65. The predicted molar refractivity (Wildman–Crippen MR) is 50.9 cm³/mol. The molecule has 0 saturated heterocycles. The second-order valence-electron chi connectivity index (χ2n) is 3.35. The fraction of sp³-hybridized carbons (Fsp3) is 0.875. The van der Waals surface area contributed by atoms with Gasteiger partial charge in [-0.15, -0.1) is 11.8 Å². The Balaban J connectivity index is 3.46. The number of nitrogens with one attached hydrogen (secondary N) is 1. The summed E-state index contributed by atoms with van der Waals surface area (Å²) in [4.78, 5) is 11.0. The van der Waals surface area contributed by atoms with Crippen LogP contribution in [0.4, 0.5) is 0 Å². The fourth-order valence-electron chi connectivity index (χ4n) is 0.530. The van der Waals surface area contributed by atoms with Crippen LogP contribution in [0.5, 0.6) is 0 Å². The molecule has 1 amide bonds. The van der Waals surface area contributed by atoms with Crippen LogP contribution < -0.4 is 5.32 Å². The van der Waals surface area contributed by atoms with Gasteiger partial charge in [-0.05, 0) is 6.92 Å². The number of thioether (sulfide) groups is 1. The van der Waals surface area contributed by atoms with Gasteiger partial charge in [0.05, 0.1) is 5.75 Å². The Morgan fingerprint density at radius 1 is 1.45 bits per heavy atom. The predicted octanol–water partition coefficient (Wildman–Crippen LogP) is 1.65. The summed E-state index contributed by atoms with van der Waals surface area (Å²) in [5, 5.41) is 2.76. The normalized spacial score (nSPS) is 11.3. The highest BCUT2D eigenvalue weighted by molar-refractivity contribution is 8.01. The van der Waals surface area contributed by atoms with Crippen molar-refractivity contribution in [3.8, 4) is 0 Å². The van der Waals surface area contributed by atoms with E-state index in [9.17, 15) is 4.79 Å². The van der Waals surface area contributed by atoms with E-state index >= 15 is 0 Å². The zero-order valence-corrected chi connectivity index (χ0v) is 8.55. The van der Waals surface area contributed by atoms with E-state index in [0.717, 1.165) is 6.54 Å². The highest BCUT2D eigenvalue weighted by Crippen LogP contribution is 2.22. The van der Waals surface area contributed by atoms with E-state index in [-0.39, 0.29) is 10.7 Å². The minimum Gasteiger partial charge on any atom is -0.356 e. The molecule has 3 heteroatoms. The third kappa shape index (κ3) is 7.72. The van der Waals surface area contributed by atoms with Gasteiger partial charge < -0.3 is 5.32 Å². The highest BCUT2D eigenvalue weighted by atomic mass is 32.2. The smallest absolute Gasteiger partial charge is 0.230 e. The van der Waals surface area contributed by atoms with Crippen molar-refractivity contribution < 1.29 is 4.79 Å². The summed E-state index contributed by atoms with van der Waals surface area (Å²) in [7, 11) is 0. The Kier molecular flexibility index (Phi) is 4.57. The summed E-state index contributed by atoms with van der Waals surface area (Å²) in [6.07, 6.45) is 0. The first-order valence-electron chi connectivity index (χ1n) is 3.86. The maximum absolute atomic E-state index is 11.0. The Hall–Kier alpha value is -0.180. The zero-order valence-electron chi connectivity index (χ0n) is 7.73. The van der Waals surface area contributed by atoms with Gasteiger partial charge in [0.15, 0.2) is 0 Å². The molecule has 0 radical (unpaired) electrons. The Morgan fingerprint density at radius 3 is 2.36 bits per heavy atom. The zero-order chi connectivity index (χ0) is 8.91. The van der Waals surface area contributed by atoms with Crippen molar-refractivity contribution in [2.45, 2.75) is 32.4 Å². The van der Waals surface area contributed by atoms with E-state index < -0.39 is 0 Å². The van der Waals surface area contributed by atoms with E-state index in [1.54, 1.807) is 11.8 Å². The van der Waals surface area contributed by atoms with Crippen LogP contribution in [0.1, 0.15) is 27.7 Å². The van der Waals surface area contributed by atoms with Crippen LogP contribution in [-0.4, -0.2) is 23.0 Å². The van der Waals surface area contributed by atoms with Gasteiger partial charge in [-0.25, -0.2) is 0 Å². The van der Waals surface area contributed by atoms with E-state index in [1.165, 1.54) is 0 Å². The van der Waals surface area contributed by atoms with Crippen molar-refractivity contribution in [2.24, 2.45) is 0 Å². The number of carbonyl (C=O) groups is 1. The standard InChI is InChI=1S/C8H17NOS/c1-5-9-7(10)6-11-8(2,3)4/h5-6H2,1-4H3,(H,9,10). The third-order valence-electron chi connectivity index (χ3n) is 1.01. The van der Waals surface area contributed by atoms with Crippen LogP contribution in [0, 0.1) is 0 Å². The number of hydrogen-bond donors (Lipinski definition) is 1. The summed E-state index contributed by atoms with van der Waals surface area (Å²) < 4.78 is 0.186. The summed E-state index contributed by atoms with van der Waals surface area (Å²) in [6.45, 7) is 8.98. The fourth-order valence-corrected chi connectivity index (χ4v) is 1.20.